The summed E-state index contributed by atoms with van der Waals surface area (Å²) in [7, 11) is 0. The molecule has 2 spiro atoms. The molecule has 4 aliphatic rings. The first-order valence-electron chi connectivity index (χ1n) is 20.6. The van der Waals surface area contributed by atoms with E-state index in [0.717, 1.165) is 23.5 Å². The van der Waals surface area contributed by atoms with Crippen LogP contribution in [0.25, 0.3) is 0 Å². The second-order valence-electron chi connectivity index (χ2n) is 12.8. The number of nitriles is 1. The van der Waals surface area contributed by atoms with Gasteiger partial charge in [0.1, 0.15) is 0 Å². The van der Waals surface area contributed by atoms with Gasteiger partial charge >= 0.3 is 0 Å². The van der Waals surface area contributed by atoms with Crippen molar-refractivity contribution in [2.45, 2.75) is 195 Å². The van der Waals surface area contributed by atoms with Crippen molar-refractivity contribution in [3.05, 3.63) is 47.9 Å². The molecule has 0 saturated heterocycles. The zero-order valence-corrected chi connectivity index (χ0v) is 35.3. The van der Waals surface area contributed by atoms with Crippen LogP contribution in [0.5, 0.6) is 0 Å². The molecule has 1 N–H and O–H groups in total. The molecule has 4 saturated carbocycles. The minimum absolute atomic E-state index is 0.374. The molecule has 4 rings (SSSR count). The van der Waals surface area contributed by atoms with E-state index in [1.807, 2.05) is 95.2 Å². The lowest BCUT2D eigenvalue weighted by Gasteiger charge is -2.39. The van der Waals surface area contributed by atoms with Crippen molar-refractivity contribution in [3.8, 4) is 6.07 Å². The maximum Gasteiger partial charge on any atom is 0.0985 e. The van der Waals surface area contributed by atoms with Gasteiger partial charge in [0, 0.05) is 22.9 Å². The lowest BCUT2D eigenvalue weighted by atomic mass is 9.66. The third kappa shape index (κ3) is 10.4. The lowest BCUT2D eigenvalue weighted by Crippen LogP contribution is -2.34. The van der Waals surface area contributed by atoms with Gasteiger partial charge in [0.15, 0.2) is 0 Å². The van der Waals surface area contributed by atoms with Crippen molar-refractivity contribution in [3.63, 3.8) is 0 Å². The summed E-state index contributed by atoms with van der Waals surface area (Å²) in [5.74, 6) is 3.43. The maximum atomic E-state index is 9.10. The molecule has 0 aromatic heterocycles. The third-order valence-electron chi connectivity index (χ3n) is 11.3. The van der Waals surface area contributed by atoms with E-state index in [2.05, 4.69) is 59.2 Å². The quantitative estimate of drug-likeness (QED) is 0.137. The molecule has 7 atom stereocenters. The number of nitrogens with one attached hydrogen (secondary N) is 1. The van der Waals surface area contributed by atoms with E-state index in [1.165, 1.54) is 88.3 Å². The molecule has 4 fully saturated rings. The Morgan fingerprint density at radius 2 is 1.34 bits per heavy atom. The summed E-state index contributed by atoms with van der Waals surface area (Å²) in [6.07, 6.45) is 20.8. The second-order valence-corrected chi connectivity index (χ2v) is 12.8. The number of allylic oxidation sites excluding steroid dienone is 5. The van der Waals surface area contributed by atoms with E-state index in [4.69, 9.17) is 5.26 Å². The van der Waals surface area contributed by atoms with Gasteiger partial charge in [-0.15, -0.1) is 0 Å². The molecule has 2 heteroatoms. The van der Waals surface area contributed by atoms with Gasteiger partial charge in [-0.05, 0) is 105 Å². The van der Waals surface area contributed by atoms with E-state index in [-0.39, 0.29) is 0 Å². The van der Waals surface area contributed by atoms with Gasteiger partial charge in [-0.3, -0.25) is 0 Å². The van der Waals surface area contributed by atoms with Gasteiger partial charge in [-0.1, -0.05) is 155 Å². The minimum atomic E-state index is 0.374. The van der Waals surface area contributed by atoms with Crippen LogP contribution in [0, 0.1) is 51.2 Å². The predicted molar refractivity (Wildman–Crippen MR) is 216 cm³/mol. The third-order valence-corrected chi connectivity index (χ3v) is 11.3. The monoisotopic (exact) mass is 655 g/mol. The van der Waals surface area contributed by atoms with E-state index in [1.54, 1.807) is 0 Å². The van der Waals surface area contributed by atoms with Crippen LogP contribution in [-0.2, 0) is 0 Å². The standard InChI is InChI=1S/C33H50N2.6C2H6/c1-8-10-11-13-28-26(12-9-2)15-17-30-32(28)21-20-31(7)27(18-19-33(30,31)32)25(6)35-29(23(3)4)16-14-24(5)22-34;6*1-2/h14,16,26-28,30,35H,5-6,8-13,15,17-21H2,1-4,7H3;6*1-2H3/b16-14-;;;;;;. The number of nitrogens with zero attached hydrogens (tertiary/aromatic N) is 1. The smallest absolute Gasteiger partial charge is 0.0985 e. The Morgan fingerprint density at radius 3 is 1.83 bits per heavy atom. The average molecular weight is 655 g/mol. The van der Waals surface area contributed by atoms with Gasteiger partial charge in [-0.25, -0.2) is 0 Å². The van der Waals surface area contributed by atoms with Crippen LogP contribution in [0.2, 0.25) is 0 Å². The van der Waals surface area contributed by atoms with E-state index in [0.29, 0.717) is 27.7 Å². The molecule has 7 unspecified atom stereocenters. The number of hydrogen-bond acceptors (Lipinski definition) is 2. The van der Waals surface area contributed by atoms with Crippen molar-refractivity contribution >= 4 is 0 Å². The highest BCUT2D eigenvalue weighted by molar-refractivity contribution is 5.40. The normalized spacial score (nSPS) is 29.7. The molecule has 0 aromatic carbocycles. The van der Waals surface area contributed by atoms with Crippen LogP contribution in [0.4, 0.5) is 0 Å². The Balaban J connectivity index is -0.00000145. The molecular weight excluding hydrogens is 569 g/mol. The first-order valence-corrected chi connectivity index (χ1v) is 20.6. The van der Waals surface area contributed by atoms with Crippen molar-refractivity contribution in [1.82, 2.24) is 5.32 Å². The van der Waals surface area contributed by atoms with Gasteiger partial charge in [0.25, 0.3) is 0 Å². The largest absolute Gasteiger partial charge is 0.359 e. The van der Waals surface area contributed by atoms with Crippen LogP contribution in [0.3, 0.4) is 0 Å². The van der Waals surface area contributed by atoms with Crippen LogP contribution < -0.4 is 5.32 Å². The topological polar surface area (TPSA) is 35.8 Å². The molecule has 0 amide bonds. The zero-order chi connectivity index (χ0) is 37.4. The maximum absolute atomic E-state index is 9.10. The first-order chi connectivity index (χ1) is 22.7. The van der Waals surface area contributed by atoms with E-state index in [9.17, 15) is 0 Å². The first kappa shape index (κ1) is 49.6. The molecule has 47 heavy (non-hydrogen) atoms. The number of unbranched alkanes of at least 4 members (excludes halogenated alkanes) is 2. The molecule has 0 aromatic rings. The molecule has 0 radical (unpaired) electrons. The van der Waals surface area contributed by atoms with Crippen LogP contribution in [0.15, 0.2) is 47.9 Å². The fourth-order valence-electron chi connectivity index (χ4n) is 10.1. The van der Waals surface area contributed by atoms with E-state index >= 15 is 0 Å². The van der Waals surface area contributed by atoms with Crippen LogP contribution in [-0.4, -0.2) is 0 Å². The van der Waals surface area contributed by atoms with Gasteiger partial charge in [0.05, 0.1) is 6.07 Å². The zero-order valence-electron chi connectivity index (χ0n) is 35.3. The molecule has 276 valence electrons. The highest BCUT2D eigenvalue weighted by Gasteiger charge is 2.88. The minimum Gasteiger partial charge on any atom is -0.359 e. The van der Waals surface area contributed by atoms with Crippen molar-refractivity contribution in [2.24, 2.45) is 39.9 Å². The molecule has 2 nitrogen and oxygen atoms in total. The molecule has 0 heterocycles. The summed E-state index contributed by atoms with van der Waals surface area (Å²) in [5.41, 5.74) is 5.53. The number of rotatable bonds is 11. The summed E-state index contributed by atoms with van der Waals surface area (Å²) in [6.45, 7) is 44.1. The van der Waals surface area contributed by atoms with Crippen LogP contribution >= 0.6 is 0 Å². The summed E-state index contributed by atoms with van der Waals surface area (Å²) >= 11 is 0. The average Bonchev–Trinajstić information content (AvgIpc) is 3.45. The summed E-state index contributed by atoms with van der Waals surface area (Å²) < 4.78 is 0. The highest BCUT2D eigenvalue weighted by atomic mass is 15.0. The van der Waals surface area contributed by atoms with Crippen molar-refractivity contribution < 1.29 is 0 Å². The fraction of sp³-hybridized carbons (Fsp3) is 0.800. The molecule has 4 aliphatic carbocycles. The van der Waals surface area contributed by atoms with Crippen molar-refractivity contribution in [1.29, 1.82) is 5.26 Å². The second kappa shape index (κ2) is 26.2. The summed E-state index contributed by atoms with van der Waals surface area (Å²) in [5, 5.41) is 12.8. The fourth-order valence-corrected chi connectivity index (χ4v) is 10.1. The van der Waals surface area contributed by atoms with Crippen molar-refractivity contribution in [2.75, 3.05) is 0 Å². The Kier molecular flexibility index (Phi) is 27.6. The van der Waals surface area contributed by atoms with E-state index < -0.39 is 0 Å². The lowest BCUT2D eigenvalue weighted by molar-refractivity contribution is 0.101. The Bertz CT molecular complexity index is 944. The van der Waals surface area contributed by atoms with Gasteiger partial charge < -0.3 is 5.32 Å². The highest BCUT2D eigenvalue weighted by Crippen LogP contribution is 2.94. The predicted octanol–water partition coefficient (Wildman–Crippen LogP) is 15.4. The molecule has 0 aliphatic heterocycles. The molecule has 0 bridgehead atoms. The summed E-state index contributed by atoms with van der Waals surface area (Å²) in [6, 6.07) is 2.12. The molecular formula is C45H86N2. The Morgan fingerprint density at radius 1 is 0.766 bits per heavy atom. The number of hydrogen-bond donors (Lipinski definition) is 1. The SMILES string of the molecule is C=C(C#N)/C=C\C(NC(=C)C1CCC23C4CCC(CCC)C(CCCCC)C42CCC13C)=C(C)C.CC.CC.CC.CC.CC.CC. The Hall–Kier alpha value is -1.75. The van der Waals surface area contributed by atoms with Gasteiger partial charge in [0.2, 0.25) is 0 Å². The van der Waals surface area contributed by atoms with Crippen LogP contribution in [0.1, 0.15) is 195 Å². The van der Waals surface area contributed by atoms with Gasteiger partial charge in [-0.2, -0.15) is 5.26 Å². The summed E-state index contributed by atoms with van der Waals surface area (Å²) in [4.78, 5) is 0. The Labute approximate surface area is 298 Å².